The van der Waals surface area contributed by atoms with E-state index in [4.69, 9.17) is 4.74 Å². The Morgan fingerprint density at radius 2 is 1.58 bits per heavy atom. The van der Waals surface area contributed by atoms with E-state index in [1.165, 1.54) is 36.4 Å². The Kier molecular flexibility index (Phi) is 7.10. The van der Waals surface area contributed by atoms with E-state index in [2.05, 4.69) is 10.9 Å². The number of non-ortho nitro benzene ring substituents is 1. The number of hydrogen-bond acceptors (Lipinski definition) is 5. The molecule has 3 aromatic rings. The Hall–Kier alpha value is -4.46. The van der Waals surface area contributed by atoms with Gasteiger partial charge in [0.25, 0.3) is 17.5 Å². The second-order valence-corrected chi connectivity index (χ2v) is 6.37. The molecule has 8 heteroatoms. The highest BCUT2D eigenvalue weighted by molar-refractivity contribution is 5.93. The highest BCUT2D eigenvalue weighted by Gasteiger charge is 2.09. The molecule has 0 atom stereocenters. The number of ether oxygens (including phenoxy) is 1. The molecule has 0 saturated carbocycles. The number of hydrazine groups is 1. The van der Waals surface area contributed by atoms with Crippen molar-refractivity contribution < 1.29 is 19.2 Å². The first-order valence-electron chi connectivity index (χ1n) is 9.31. The monoisotopic (exact) mass is 417 g/mol. The van der Waals surface area contributed by atoms with Crippen LogP contribution in [0, 0.1) is 10.1 Å². The van der Waals surface area contributed by atoms with Crippen LogP contribution in [-0.4, -0.2) is 23.3 Å². The zero-order valence-corrected chi connectivity index (χ0v) is 16.4. The summed E-state index contributed by atoms with van der Waals surface area (Å²) in [6, 6.07) is 22.7. The number of nitrogens with one attached hydrogen (secondary N) is 2. The maximum Gasteiger partial charge on any atom is 0.276 e. The third kappa shape index (κ3) is 6.26. The fraction of sp³-hybridized carbons (Fsp3) is 0.0435. The number of para-hydroxylation sites is 1. The number of carbonyl (C=O) groups is 2. The standard InChI is InChI=1S/C23H19N3O5/c27-22(15-12-17-10-13-19(14-11-17)26(29)30)24-25-23(28)16-31-21-9-5-4-8-20(21)18-6-2-1-3-7-18/h1-15H,16H2,(H,24,27)(H,25,28). The minimum Gasteiger partial charge on any atom is -0.483 e. The highest BCUT2D eigenvalue weighted by Crippen LogP contribution is 2.29. The van der Waals surface area contributed by atoms with Gasteiger partial charge in [-0.25, -0.2) is 0 Å². The van der Waals surface area contributed by atoms with E-state index in [1.807, 2.05) is 48.5 Å². The van der Waals surface area contributed by atoms with Crippen LogP contribution >= 0.6 is 0 Å². The highest BCUT2D eigenvalue weighted by atomic mass is 16.6. The van der Waals surface area contributed by atoms with Gasteiger partial charge in [-0.05, 0) is 35.4 Å². The van der Waals surface area contributed by atoms with Crippen molar-refractivity contribution in [1.29, 1.82) is 0 Å². The Labute approximate surface area is 178 Å². The maximum atomic E-state index is 12.0. The van der Waals surface area contributed by atoms with Crippen molar-refractivity contribution in [2.24, 2.45) is 0 Å². The number of rotatable bonds is 7. The molecule has 0 aliphatic rings. The minimum absolute atomic E-state index is 0.0392. The molecule has 0 fully saturated rings. The van der Waals surface area contributed by atoms with E-state index in [0.29, 0.717) is 11.3 Å². The number of carbonyl (C=O) groups excluding carboxylic acids is 2. The van der Waals surface area contributed by atoms with Gasteiger partial charge >= 0.3 is 0 Å². The summed E-state index contributed by atoms with van der Waals surface area (Å²) in [5, 5.41) is 10.6. The largest absolute Gasteiger partial charge is 0.483 e. The number of nitro benzene ring substituents is 1. The smallest absolute Gasteiger partial charge is 0.276 e. The van der Waals surface area contributed by atoms with Crippen molar-refractivity contribution in [3.8, 4) is 16.9 Å². The van der Waals surface area contributed by atoms with E-state index < -0.39 is 16.7 Å². The molecule has 3 rings (SSSR count). The van der Waals surface area contributed by atoms with Gasteiger partial charge in [-0.1, -0.05) is 48.5 Å². The molecule has 0 bridgehead atoms. The number of nitro groups is 1. The van der Waals surface area contributed by atoms with Crippen LogP contribution in [0.4, 0.5) is 5.69 Å². The van der Waals surface area contributed by atoms with Crippen molar-refractivity contribution in [2.75, 3.05) is 6.61 Å². The zero-order chi connectivity index (χ0) is 22.1. The quantitative estimate of drug-likeness (QED) is 0.347. The van der Waals surface area contributed by atoms with Gasteiger partial charge in [0.05, 0.1) is 4.92 Å². The summed E-state index contributed by atoms with van der Waals surface area (Å²) >= 11 is 0. The number of nitrogens with zero attached hydrogens (tertiary/aromatic N) is 1. The molecule has 0 saturated heterocycles. The summed E-state index contributed by atoms with van der Waals surface area (Å²) in [6.45, 7) is -0.282. The number of benzene rings is 3. The molecule has 0 spiro atoms. The molecular weight excluding hydrogens is 398 g/mol. The van der Waals surface area contributed by atoms with Crippen LogP contribution in [0.25, 0.3) is 17.2 Å². The normalized spacial score (nSPS) is 10.5. The second kappa shape index (κ2) is 10.4. The summed E-state index contributed by atoms with van der Waals surface area (Å²) < 4.78 is 5.61. The average Bonchev–Trinajstić information content (AvgIpc) is 2.81. The van der Waals surface area contributed by atoms with Crippen LogP contribution in [-0.2, 0) is 9.59 Å². The fourth-order valence-corrected chi connectivity index (χ4v) is 2.68. The Bertz CT molecular complexity index is 1100. The first-order valence-corrected chi connectivity index (χ1v) is 9.31. The molecule has 0 aliphatic carbocycles. The molecule has 31 heavy (non-hydrogen) atoms. The van der Waals surface area contributed by atoms with Gasteiger partial charge in [-0.3, -0.25) is 30.6 Å². The molecule has 0 heterocycles. The molecule has 2 amide bonds. The van der Waals surface area contributed by atoms with Gasteiger partial charge in [0.15, 0.2) is 6.61 Å². The van der Waals surface area contributed by atoms with Gasteiger partial charge in [-0.15, -0.1) is 0 Å². The molecular formula is C23H19N3O5. The molecule has 0 radical (unpaired) electrons. The first-order chi connectivity index (χ1) is 15.0. The van der Waals surface area contributed by atoms with E-state index in [9.17, 15) is 19.7 Å². The Morgan fingerprint density at radius 3 is 2.29 bits per heavy atom. The summed E-state index contributed by atoms with van der Waals surface area (Å²) in [4.78, 5) is 34.0. The van der Waals surface area contributed by atoms with Crippen LogP contribution in [0.1, 0.15) is 5.56 Å². The minimum atomic E-state index is -0.559. The van der Waals surface area contributed by atoms with Crippen molar-refractivity contribution in [3.63, 3.8) is 0 Å². The summed E-state index contributed by atoms with van der Waals surface area (Å²) in [5.74, 6) is -0.537. The fourth-order valence-electron chi connectivity index (χ4n) is 2.68. The third-order valence-electron chi connectivity index (χ3n) is 4.19. The maximum absolute atomic E-state index is 12.0. The molecule has 0 aliphatic heterocycles. The Morgan fingerprint density at radius 1 is 0.903 bits per heavy atom. The number of amides is 2. The van der Waals surface area contributed by atoms with Crippen molar-refractivity contribution in [1.82, 2.24) is 10.9 Å². The summed E-state index contributed by atoms with van der Waals surface area (Å²) in [7, 11) is 0. The molecule has 2 N–H and O–H groups in total. The molecule has 156 valence electrons. The third-order valence-corrected chi connectivity index (χ3v) is 4.19. The lowest BCUT2D eigenvalue weighted by Crippen LogP contribution is -2.43. The molecule has 0 unspecified atom stereocenters. The number of hydrogen-bond donors (Lipinski definition) is 2. The lowest BCUT2D eigenvalue weighted by atomic mass is 10.1. The van der Waals surface area contributed by atoms with Crippen LogP contribution in [0.5, 0.6) is 5.75 Å². The summed E-state index contributed by atoms with van der Waals surface area (Å²) in [5.41, 5.74) is 6.90. The lowest BCUT2D eigenvalue weighted by molar-refractivity contribution is -0.384. The van der Waals surface area contributed by atoms with Crippen molar-refractivity contribution in [2.45, 2.75) is 0 Å². The van der Waals surface area contributed by atoms with Crippen LogP contribution in [0.2, 0.25) is 0 Å². The van der Waals surface area contributed by atoms with Gasteiger partial charge in [0, 0.05) is 23.8 Å². The van der Waals surface area contributed by atoms with E-state index >= 15 is 0 Å². The van der Waals surface area contributed by atoms with Crippen LogP contribution in [0.3, 0.4) is 0 Å². The van der Waals surface area contributed by atoms with Gasteiger partial charge in [-0.2, -0.15) is 0 Å². The second-order valence-electron chi connectivity index (χ2n) is 6.37. The zero-order valence-electron chi connectivity index (χ0n) is 16.4. The Balaban J connectivity index is 1.48. The van der Waals surface area contributed by atoms with Crippen LogP contribution < -0.4 is 15.6 Å². The predicted octanol–water partition coefficient (Wildman–Crippen LogP) is 3.50. The molecule has 0 aromatic heterocycles. The van der Waals surface area contributed by atoms with E-state index in [1.54, 1.807) is 6.07 Å². The topological polar surface area (TPSA) is 111 Å². The van der Waals surface area contributed by atoms with Gasteiger partial charge in [0.1, 0.15) is 5.75 Å². The average molecular weight is 417 g/mol. The van der Waals surface area contributed by atoms with E-state index in [0.717, 1.165) is 11.1 Å². The van der Waals surface area contributed by atoms with Crippen LogP contribution in [0.15, 0.2) is 84.9 Å². The van der Waals surface area contributed by atoms with E-state index in [-0.39, 0.29) is 12.3 Å². The first kappa shape index (κ1) is 21.3. The SMILES string of the molecule is O=C(C=Cc1ccc([N+](=O)[O-])cc1)NNC(=O)COc1ccccc1-c1ccccc1. The van der Waals surface area contributed by atoms with Crippen molar-refractivity contribution in [3.05, 3.63) is 101 Å². The summed E-state index contributed by atoms with van der Waals surface area (Å²) in [6.07, 6.45) is 2.67. The lowest BCUT2D eigenvalue weighted by Gasteiger charge is -2.12. The molecule has 3 aromatic carbocycles. The molecule has 8 nitrogen and oxygen atoms in total. The van der Waals surface area contributed by atoms with Crippen molar-refractivity contribution >= 4 is 23.6 Å². The predicted molar refractivity (Wildman–Crippen MR) is 116 cm³/mol. The van der Waals surface area contributed by atoms with Gasteiger partial charge < -0.3 is 4.74 Å². The van der Waals surface area contributed by atoms with Gasteiger partial charge in [0.2, 0.25) is 0 Å².